The van der Waals surface area contributed by atoms with Gasteiger partial charge in [0.2, 0.25) is 17.5 Å². The number of anilines is 1. The SMILES string of the molecule is CCC(CC)C1C(C(=O)c2ccc(OC)cc2)C(=O)C(=O)N1c1ccc(-c2noc(C)n2)cc1. The van der Waals surface area contributed by atoms with Crippen molar-refractivity contribution < 1.29 is 23.6 Å². The van der Waals surface area contributed by atoms with E-state index in [-0.39, 0.29) is 11.7 Å². The Kier molecular flexibility index (Phi) is 6.58. The number of carbonyl (C=O) groups is 3. The van der Waals surface area contributed by atoms with Crippen molar-refractivity contribution >= 4 is 23.2 Å². The number of Topliss-reactive ketones (excluding diaryl/α,β-unsaturated/α-hetero) is 2. The lowest BCUT2D eigenvalue weighted by molar-refractivity contribution is -0.135. The Bertz CT molecular complexity index is 1200. The highest BCUT2D eigenvalue weighted by Gasteiger charge is 2.53. The first kappa shape index (κ1) is 23.4. The quantitative estimate of drug-likeness (QED) is 0.280. The number of aromatic nitrogens is 2. The van der Waals surface area contributed by atoms with Crippen molar-refractivity contribution in [3.8, 4) is 17.1 Å². The minimum atomic E-state index is -1.06. The van der Waals surface area contributed by atoms with Gasteiger partial charge in [0, 0.05) is 23.7 Å². The monoisotopic (exact) mass is 461 g/mol. The largest absolute Gasteiger partial charge is 0.497 e. The molecular weight excluding hydrogens is 434 g/mol. The van der Waals surface area contributed by atoms with Gasteiger partial charge in [-0.05, 0) is 54.4 Å². The number of hydrogen-bond donors (Lipinski definition) is 0. The molecule has 3 aromatic rings. The maximum Gasteiger partial charge on any atom is 0.295 e. The summed E-state index contributed by atoms with van der Waals surface area (Å²) in [7, 11) is 1.54. The van der Waals surface area contributed by atoms with Gasteiger partial charge in [-0.3, -0.25) is 14.4 Å². The highest BCUT2D eigenvalue weighted by molar-refractivity contribution is 6.49. The van der Waals surface area contributed by atoms with E-state index in [0.29, 0.717) is 28.7 Å². The lowest BCUT2D eigenvalue weighted by Gasteiger charge is -2.32. The zero-order valence-electron chi connectivity index (χ0n) is 19.6. The van der Waals surface area contributed by atoms with Crippen LogP contribution < -0.4 is 9.64 Å². The maximum atomic E-state index is 13.5. The van der Waals surface area contributed by atoms with E-state index in [4.69, 9.17) is 9.26 Å². The first-order valence-corrected chi connectivity index (χ1v) is 11.4. The van der Waals surface area contributed by atoms with Crippen LogP contribution in [0.5, 0.6) is 5.75 Å². The average Bonchev–Trinajstić information content (AvgIpc) is 3.41. The van der Waals surface area contributed by atoms with Crippen LogP contribution in [0.25, 0.3) is 11.4 Å². The van der Waals surface area contributed by atoms with Crippen LogP contribution >= 0.6 is 0 Å². The Morgan fingerprint density at radius 3 is 2.24 bits per heavy atom. The molecule has 2 aromatic carbocycles. The number of rotatable bonds is 8. The second-order valence-electron chi connectivity index (χ2n) is 8.36. The summed E-state index contributed by atoms with van der Waals surface area (Å²) in [4.78, 5) is 45.6. The molecule has 8 nitrogen and oxygen atoms in total. The number of amides is 1. The van der Waals surface area contributed by atoms with Crippen LogP contribution in [0.15, 0.2) is 53.1 Å². The van der Waals surface area contributed by atoms with Gasteiger partial charge in [-0.1, -0.05) is 31.8 Å². The molecule has 1 amide bonds. The minimum Gasteiger partial charge on any atom is -0.497 e. The van der Waals surface area contributed by atoms with Crippen LogP contribution in [-0.2, 0) is 9.59 Å². The van der Waals surface area contributed by atoms with Gasteiger partial charge in [0.25, 0.3) is 5.91 Å². The molecule has 1 saturated heterocycles. The van der Waals surface area contributed by atoms with Gasteiger partial charge in [-0.25, -0.2) is 0 Å². The third-order valence-electron chi connectivity index (χ3n) is 6.47. The fourth-order valence-electron chi connectivity index (χ4n) is 4.63. The molecular formula is C26H27N3O5. The molecule has 2 atom stereocenters. The van der Waals surface area contributed by atoms with Crippen molar-refractivity contribution in [3.05, 3.63) is 60.0 Å². The van der Waals surface area contributed by atoms with Gasteiger partial charge >= 0.3 is 0 Å². The number of ketones is 2. The smallest absolute Gasteiger partial charge is 0.295 e. The van der Waals surface area contributed by atoms with Gasteiger partial charge < -0.3 is 14.2 Å². The van der Waals surface area contributed by atoms with E-state index in [9.17, 15) is 14.4 Å². The summed E-state index contributed by atoms with van der Waals surface area (Å²) in [5, 5.41) is 3.92. The Morgan fingerprint density at radius 1 is 1.06 bits per heavy atom. The molecule has 0 spiro atoms. The van der Waals surface area contributed by atoms with Crippen molar-refractivity contribution in [1.82, 2.24) is 10.1 Å². The van der Waals surface area contributed by atoms with Crippen molar-refractivity contribution in [1.29, 1.82) is 0 Å². The molecule has 0 saturated carbocycles. The van der Waals surface area contributed by atoms with Gasteiger partial charge in [0.05, 0.1) is 13.2 Å². The molecule has 8 heteroatoms. The van der Waals surface area contributed by atoms with Gasteiger partial charge in [0.1, 0.15) is 11.7 Å². The predicted octanol–water partition coefficient (Wildman–Crippen LogP) is 4.27. The summed E-state index contributed by atoms with van der Waals surface area (Å²) in [6.07, 6.45) is 1.45. The van der Waals surface area contributed by atoms with Crippen molar-refractivity contribution in [2.75, 3.05) is 12.0 Å². The molecule has 1 aliphatic rings. The molecule has 0 radical (unpaired) electrons. The fourth-order valence-corrected chi connectivity index (χ4v) is 4.63. The van der Waals surface area contributed by atoms with E-state index >= 15 is 0 Å². The number of ether oxygens (including phenoxy) is 1. The lowest BCUT2D eigenvalue weighted by atomic mass is 9.81. The third kappa shape index (κ3) is 4.11. The second-order valence-corrected chi connectivity index (χ2v) is 8.36. The summed E-state index contributed by atoms with van der Waals surface area (Å²) < 4.78 is 10.2. The number of hydrogen-bond acceptors (Lipinski definition) is 7. The Labute approximate surface area is 197 Å². The van der Waals surface area contributed by atoms with Crippen LogP contribution in [0.3, 0.4) is 0 Å². The topological polar surface area (TPSA) is 103 Å². The van der Waals surface area contributed by atoms with E-state index in [2.05, 4.69) is 10.1 Å². The molecule has 0 bridgehead atoms. The summed E-state index contributed by atoms with van der Waals surface area (Å²) in [6, 6.07) is 13.1. The molecule has 2 unspecified atom stereocenters. The summed E-state index contributed by atoms with van der Waals surface area (Å²) in [5.41, 5.74) is 1.67. The number of aryl methyl sites for hydroxylation is 1. The van der Waals surface area contributed by atoms with E-state index in [1.54, 1.807) is 62.6 Å². The van der Waals surface area contributed by atoms with Gasteiger partial charge in [-0.15, -0.1) is 0 Å². The fraction of sp³-hybridized carbons (Fsp3) is 0.346. The van der Waals surface area contributed by atoms with E-state index in [1.807, 2.05) is 13.8 Å². The highest BCUT2D eigenvalue weighted by atomic mass is 16.5. The normalized spacial score (nSPS) is 18.1. The Balaban J connectivity index is 1.72. The van der Waals surface area contributed by atoms with Gasteiger partial charge in [0.15, 0.2) is 5.78 Å². The van der Waals surface area contributed by atoms with Crippen molar-refractivity contribution in [2.45, 2.75) is 39.7 Å². The van der Waals surface area contributed by atoms with E-state index < -0.39 is 23.7 Å². The van der Waals surface area contributed by atoms with Gasteiger partial charge in [-0.2, -0.15) is 4.98 Å². The first-order chi connectivity index (χ1) is 16.4. The van der Waals surface area contributed by atoms with Crippen LogP contribution in [0.4, 0.5) is 5.69 Å². The molecule has 1 fully saturated rings. The molecule has 1 aliphatic heterocycles. The minimum absolute atomic E-state index is 0.0258. The standard InChI is InChI=1S/C26H27N3O5/c1-5-16(6-2)22-21(23(30)17-9-13-20(33-4)14-10-17)24(31)26(32)29(22)19-11-7-18(8-12-19)25-27-15(3)34-28-25/h7-14,16,21-22H,5-6H2,1-4H3. The Morgan fingerprint density at radius 2 is 1.71 bits per heavy atom. The van der Waals surface area contributed by atoms with Crippen molar-refractivity contribution in [2.24, 2.45) is 11.8 Å². The van der Waals surface area contributed by atoms with Crippen LogP contribution in [0.2, 0.25) is 0 Å². The molecule has 34 heavy (non-hydrogen) atoms. The first-order valence-electron chi connectivity index (χ1n) is 11.4. The van der Waals surface area contributed by atoms with Crippen LogP contribution in [0.1, 0.15) is 42.9 Å². The molecule has 2 heterocycles. The molecule has 176 valence electrons. The molecule has 1 aromatic heterocycles. The number of benzene rings is 2. The highest BCUT2D eigenvalue weighted by Crippen LogP contribution is 2.38. The summed E-state index contributed by atoms with van der Waals surface area (Å²) in [6.45, 7) is 5.73. The average molecular weight is 462 g/mol. The van der Waals surface area contributed by atoms with Crippen LogP contribution in [0, 0.1) is 18.8 Å². The molecule has 4 rings (SSSR count). The summed E-state index contributed by atoms with van der Waals surface area (Å²) in [5.74, 6) is -1.26. The zero-order chi connectivity index (χ0) is 24.4. The summed E-state index contributed by atoms with van der Waals surface area (Å²) >= 11 is 0. The lowest BCUT2D eigenvalue weighted by Crippen LogP contribution is -2.43. The number of nitrogens with zero attached hydrogens (tertiary/aromatic N) is 3. The molecule has 0 N–H and O–H groups in total. The third-order valence-corrected chi connectivity index (χ3v) is 6.47. The zero-order valence-corrected chi connectivity index (χ0v) is 19.6. The number of methoxy groups -OCH3 is 1. The number of carbonyl (C=O) groups excluding carboxylic acids is 3. The molecule has 0 aliphatic carbocycles. The second kappa shape index (κ2) is 9.59. The van der Waals surface area contributed by atoms with E-state index in [1.165, 1.54) is 4.90 Å². The maximum absolute atomic E-state index is 13.5. The van der Waals surface area contributed by atoms with E-state index in [0.717, 1.165) is 18.4 Å². The Hall–Kier alpha value is -3.81. The predicted molar refractivity (Wildman–Crippen MR) is 126 cm³/mol. The van der Waals surface area contributed by atoms with Crippen LogP contribution in [-0.4, -0.2) is 40.8 Å². The van der Waals surface area contributed by atoms with Crippen molar-refractivity contribution in [3.63, 3.8) is 0 Å².